The predicted molar refractivity (Wildman–Crippen MR) is 81.4 cm³/mol. The van der Waals surface area contributed by atoms with Gasteiger partial charge in [0.25, 0.3) is 0 Å². The number of hydrogen-bond acceptors (Lipinski definition) is 1. The van der Waals surface area contributed by atoms with E-state index in [1.807, 2.05) is 18.2 Å². The number of aryl methyl sites for hydroxylation is 1. The van der Waals surface area contributed by atoms with E-state index in [-0.39, 0.29) is 5.75 Å². The van der Waals surface area contributed by atoms with Gasteiger partial charge in [-0.05, 0) is 12.8 Å². The second-order valence-electron chi connectivity index (χ2n) is 5.54. The van der Waals surface area contributed by atoms with Crippen LogP contribution in [-0.4, -0.2) is 0 Å². The predicted octanol–water partition coefficient (Wildman–Crippen LogP) is 5.22. The minimum Gasteiger partial charge on any atom is -0.872 e. The fraction of sp³-hybridized carbons (Fsp3) is 0.667. The van der Waals surface area contributed by atoms with Gasteiger partial charge in [-0.1, -0.05) is 94.5 Å². The Bertz CT molecular complexity index is 319. The summed E-state index contributed by atoms with van der Waals surface area (Å²) in [7, 11) is 0. The van der Waals surface area contributed by atoms with Gasteiger partial charge in [0.05, 0.1) is 0 Å². The lowest BCUT2D eigenvalue weighted by molar-refractivity contribution is -0.269. The van der Waals surface area contributed by atoms with E-state index in [2.05, 4.69) is 6.92 Å². The van der Waals surface area contributed by atoms with Crippen LogP contribution in [0.4, 0.5) is 0 Å². The third-order valence-corrected chi connectivity index (χ3v) is 3.77. The van der Waals surface area contributed by atoms with Crippen LogP contribution >= 0.6 is 0 Å². The quantitative estimate of drug-likeness (QED) is 0.501. The summed E-state index contributed by atoms with van der Waals surface area (Å²) in [4.78, 5) is 0. The van der Waals surface area contributed by atoms with E-state index in [1.165, 1.54) is 57.8 Å². The normalized spacial score (nSPS) is 10.8. The molecule has 1 heteroatoms. The number of unbranched alkanes of at least 4 members (excludes halogenated alkanes) is 9. The van der Waals surface area contributed by atoms with Gasteiger partial charge in [-0.15, -0.1) is 5.75 Å². The Morgan fingerprint density at radius 1 is 0.737 bits per heavy atom. The average molecular weight is 261 g/mol. The molecule has 1 aromatic carbocycles. The molecule has 0 heterocycles. The maximum Gasteiger partial charge on any atom is -0.0285 e. The van der Waals surface area contributed by atoms with Crippen molar-refractivity contribution >= 4 is 0 Å². The molecule has 0 N–H and O–H groups in total. The van der Waals surface area contributed by atoms with Crippen LogP contribution in [0.5, 0.6) is 5.75 Å². The zero-order valence-electron chi connectivity index (χ0n) is 12.5. The van der Waals surface area contributed by atoms with E-state index in [0.29, 0.717) is 0 Å². The summed E-state index contributed by atoms with van der Waals surface area (Å²) in [6.45, 7) is 2.26. The Kier molecular flexibility index (Phi) is 9.22. The van der Waals surface area contributed by atoms with Gasteiger partial charge in [0, 0.05) is 0 Å². The lowest BCUT2D eigenvalue weighted by Crippen LogP contribution is -1.96. The van der Waals surface area contributed by atoms with Crippen molar-refractivity contribution in [2.24, 2.45) is 0 Å². The lowest BCUT2D eigenvalue weighted by Gasteiger charge is -2.12. The highest BCUT2D eigenvalue weighted by Crippen LogP contribution is 2.16. The van der Waals surface area contributed by atoms with Gasteiger partial charge >= 0.3 is 0 Å². The van der Waals surface area contributed by atoms with Gasteiger partial charge in [-0.25, -0.2) is 0 Å². The summed E-state index contributed by atoms with van der Waals surface area (Å²) in [6, 6.07) is 7.43. The van der Waals surface area contributed by atoms with Crippen molar-refractivity contribution in [1.82, 2.24) is 0 Å². The molecular weight excluding hydrogens is 232 g/mol. The van der Waals surface area contributed by atoms with Crippen molar-refractivity contribution in [3.63, 3.8) is 0 Å². The average Bonchev–Trinajstić information content (AvgIpc) is 2.43. The van der Waals surface area contributed by atoms with Crippen LogP contribution in [0.2, 0.25) is 0 Å². The van der Waals surface area contributed by atoms with E-state index in [9.17, 15) is 5.11 Å². The molecule has 1 nitrogen and oxygen atoms in total. The van der Waals surface area contributed by atoms with Gasteiger partial charge in [0.2, 0.25) is 0 Å². The molecule has 0 amide bonds. The molecule has 0 saturated heterocycles. The summed E-state index contributed by atoms with van der Waals surface area (Å²) in [6.07, 6.45) is 14.4. The molecule has 0 spiro atoms. The summed E-state index contributed by atoms with van der Waals surface area (Å²) in [5, 5.41) is 11.5. The van der Waals surface area contributed by atoms with Crippen LogP contribution in [0.3, 0.4) is 0 Å². The van der Waals surface area contributed by atoms with Crippen LogP contribution in [-0.2, 0) is 6.42 Å². The maximum absolute atomic E-state index is 11.5. The monoisotopic (exact) mass is 261 g/mol. The second kappa shape index (κ2) is 10.9. The molecule has 0 atom stereocenters. The van der Waals surface area contributed by atoms with Gasteiger partial charge in [0.15, 0.2) is 0 Å². The van der Waals surface area contributed by atoms with Crippen LogP contribution < -0.4 is 5.11 Å². The summed E-state index contributed by atoms with van der Waals surface area (Å²) >= 11 is 0. The van der Waals surface area contributed by atoms with Crippen molar-refractivity contribution in [1.29, 1.82) is 0 Å². The molecule has 0 radical (unpaired) electrons. The molecule has 0 aliphatic carbocycles. The van der Waals surface area contributed by atoms with Crippen LogP contribution in [0.25, 0.3) is 0 Å². The molecule has 1 aromatic rings. The number of rotatable bonds is 11. The van der Waals surface area contributed by atoms with Crippen molar-refractivity contribution in [2.45, 2.75) is 77.6 Å². The first-order valence-electron chi connectivity index (χ1n) is 8.09. The zero-order valence-corrected chi connectivity index (χ0v) is 12.5. The molecule has 19 heavy (non-hydrogen) atoms. The Hall–Kier alpha value is -0.980. The van der Waals surface area contributed by atoms with Gasteiger partial charge < -0.3 is 5.11 Å². The highest BCUT2D eigenvalue weighted by atomic mass is 16.3. The highest BCUT2D eigenvalue weighted by molar-refractivity contribution is 5.30. The van der Waals surface area contributed by atoms with Crippen LogP contribution in [0.1, 0.15) is 76.7 Å². The number of benzene rings is 1. The molecule has 0 aliphatic heterocycles. The van der Waals surface area contributed by atoms with Crippen molar-refractivity contribution in [3.05, 3.63) is 29.8 Å². The SMILES string of the molecule is CCCCCCCCCCCCc1ccccc1[O-]. The summed E-state index contributed by atoms with van der Waals surface area (Å²) < 4.78 is 0. The summed E-state index contributed by atoms with van der Waals surface area (Å²) in [5.74, 6) is 0.207. The molecule has 0 aromatic heterocycles. The van der Waals surface area contributed by atoms with E-state index < -0.39 is 0 Å². The lowest BCUT2D eigenvalue weighted by atomic mass is 10.0. The van der Waals surface area contributed by atoms with Crippen LogP contribution in [0, 0.1) is 0 Å². The van der Waals surface area contributed by atoms with E-state index in [0.717, 1.165) is 18.4 Å². The van der Waals surface area contributed by atoms with Crippen LogP contribution in [0.15, 0.2) is 24.3 Å². The fourth-order valence-electron chi connectivity index (χ4n) is 2.51. The molecule has 0 unspecified atom stereocenters. The third-order valence-electron chi connectivity index (χ3n) is 3.77. The minimum absolute atomic E-state index is 0.207. The smallest absolute Gasteiger partial charge is 0.0285 e. The van der Waals surface area contributed by atoms with E-state index in [4.69, 9.17) is 0 Å². The molecule has 0 aliphatic rings. The molecule has 108 valence electrons. The maximum atomic E-state index is 11.5. The van der Waals surface area contributed by atoms with E-state index in [1.54, 1.807) is 6.07 Å². The molecule has 0 fully saturated rings. The Morgan fingerprint density at radius 3 is 1.84 bits per heavy atom. The van der Waals surface area contributed by atoms with E-state index >= 15 is 0 Å². The van der Waals surface area contributed by atoms with Gasteiger partial charge in [-0.2, -0.15) is 0 Å². The second-order valence-corrected chi connectivity index (χ2v) is 5.54. The van der Waals surface area contributed by atoms with Crippen molar-refractivity contribution in [3.8, 4) is 5.75 Å². The molecule has 1 rings (SSSR count). The largest absolute Gasteiger partial charge is 0.872 e. The Labute approximate surface area is 119 Å². The topological polar surface area (TPSA) is 23.1 Å². The molecule has 0 bridgehead atoms. The number of para-hydroxylation sites is 1. The zero-order chi connectivity index (χ0) is 13.8. The third kappa shape index (κ3) is 7.92. The minimum atomic E-state index is 0.207. The van der Waals surface area contributed by atoms with Crippen molar-refractivity contribution in [2.75, 3.05) is 0 Å². The highest BCUT2D eigenvalue weighted by Gasteiger charge is 1.95. The molecular formula is C18H29O-. The fourth-order valence-corrected chi connectivity index (χ4v) is 2.51. The first kappa shape index (κ1) is 16.1. The van der Waals surface area contributed by atoms with Crippen molar-refractivity contribution < 1.29 is 5.11 Å². The van der Waals surface area contributed by atoms with Gasteiger partial charge in [-0.3, -0.25) is 0 Å². The summed E-state index contributed by atoms with van der Waals surface area (Å²) in [5.41, 5.74) is 0.988. The van der Waals surface area contributed by atoms with Gasteiger partial charge in [0.1, 0.15) is 0 Å². The standard InChI is InChI=1S/C18H30O/c1-2-3-4-5-6-7-8-9-10-11-14-17-15-12-13-16-18(17)19/h12-13,15-16,19H,2-11,14H2,1H3/p-1. The Balaban J connectivity index is 1.90. The first-order valence-corrected chi connectivity index (χ1v) is 8.09. The first-order chi connectivity index (χ1) is 9.34. The Morgan fingerprint density at radius 2 is 1.26 bits per heavy atom. The number of hydrogen-bond donors (Lipinski definition) is 0. The molecule has 0 saturated carbocycles.